The molecule has 2 aromatic carbocycles. The molecular formula is C21H18F3N3O3. The van der Waals surface area contributed by atoms with Gasteiger partial charge in [-0.3, -0.25) is 4.79 Å². The molecule has 1 aliphatic heterocycles. The first-order chi connectivity index (χ1) is 14.3. The van der Waals surface area contributed by atoms with Crippen LogP contribution in [0.15, 0.2) is 48.7 Å². The van der Waals surface area contributed by atoms with Crippen LogP contribution in [0, 0.1) is 6.92 Å². The molecule has 9 heteroatoms. The van der Waals surface area contributed by atoms with Crippen LogP contribution < -0.4 is 14.8 Å². The summed E-state index contributed by atoms with van der Waals surface area (Å²) < 4.78 is 51.5. The number of rotatable bonds is 3. The molecule has 1 N–H and O–H groups in total. The number of aromatic nitrogens is 2. The normalized spacial score (nSPS) is 13.6. The summed E-state index contributed by atoms with van der Waals surface area (Å²) in [5.41, 5.74) is 0.612. The lowest BCUT2D eigenvalue weighted by Crippen LogP contribution is -2.13. The Morgan fingerprint density at radius 2 is 1.87 bits per heavy atom. The molecule has 0 fully saturated rings. The Kier molecular flexibility index (Phi) is 5.11. The van der Waals surface area contributed by atoms with Crippen LogP contribution in [0.2, 0.25) is 0 Å². The first kappa shape index (κ1) is 19.8. The summed E-state index contributed by atoms with van der Waals surface area (Å²) in [6.45, 7) is 2.70. The number of hydrogen-bond acceptors (Lipinski definition) is 4. The number of nitrogens with one attached hydrogen (secondary N) is 1. The van der Waals surface area contributed by atoms with Gasteiger partial charge in [-0.15, -0.1) is 0 Å². The third-order valence-corrected chi connectivity index (χ3v) is 4.68. The van der Waals surface area contributed by atoms with Crippen molar-refractivity contribution in [2.75, 3.05) is 18.5 Å². The molecular weight excluding hydrogens is 399 g/mol. The molecule has 0 bridgehead atoms. The maximum Gasteiger partial charge on any atom is 0.416 e. The Labute approximate surface area is 170 Å². The molecule has 1 aromatic heterocycles. The zero-order valence-corrected chi connectivity index (χ0v) is 16.0. The summed E-state index contributed by atoms with van der Waals surface area (Å²) in [5.74, 6) is 0.723. The van der Waals surface area contributed by atoms with Gasteiger partial charge in [-0.1, -0.05) is 6.07 Å². The van der Waals surface area contributed by atoms with E-state index in [4.69, 9.17) is 9.47 Å². The highest BCUT2D eigenvalue weighted by atomic mass is 19.4. The largest absolute Gasteiger partial charge is 0.490 e. The van der Waals surface area contributed by atoms with E-state index in [-0.39, 0.29) is 11.3 Å². The maximum atomic E-state index is 13.0. The number of nitrogens with zero attached hydrogens (tertiary/aromatic N) is 2. The number of anilines is 1. The lowest BCUT2D eigenvalue weighted by Gasteiger charge is -2.11. The Morgan fingerprint density at radius 1 is 1.10 bits per heavy atom. The van der Waals surface area contributed by atoms with Gasteiger partial charge in [-0.05, 0) is 37.3 Å². The van der Waals surface area contributed by atoms with E-state index in [0.29, 0.717) is 36.1 Å². The average molecular weight is 417 g/mol. The fourth-order valence-electron chi connectivity index (χ4n) is 3.15. The van der Waals surface area contributed by atoms with Crippen LogP contribution in [0.4, 0.5) is 18.9 Å². The summed E-state index contributed by atoms with van der Waals surface area (Å²) in [6, 6.07) is 9.86. The van der Waals surface area contributed by atoms with E-state index in [1.165, 1.54) is 23.0 Å². The van der Waals surface area contributed by atoms with Crippen molar-refractivity contribution < 1.29 is 27.4 Å². The minimum atomic E-state index is -4.46. The van der Waals surface area contributed by atoms with Gasteiger partial charge in [0.25, 0.3) is 5.91 Å². The Morgan fingerprint density at radius 3 is 2.63 bits per heavy atom. The van der Waals surface area contributed by atoms with Gasteiger partial charge in [0, 0.05) is 18.2 Å². The van der Waals surface area contributed by atoms with Gasteiger partial charge in [0.1, 0.15) is 0 Å². The van der Waals surface area contributed by atoms with Crippen molar-refractivity contribution in [3.05, 3.63) is 65.5 Å². The number of benzene rings is 2. The van der Waals surface area contributed by atoms with Crippen LogP contribution in [0.1, 0.15) is 28.0 Å². The summed E-state index contributed by atoms with van der Waals surface area (Å²) in [7, 11) is 0. The Bertz CT molecular complexity index is 1090. The van der Waals surface area contributed by atoms with Gasteiger partial charge in [0.05, 0.1) is 41.9 Å². The molecule has 0 atom stereocenters. The highest BCUT2D eigenvalue weighted by molar-refractivity contribution is 6.05. The first-order valence-corrected chi connectivity index (χ1v) is 9.26. The fraction of sp³-hybridized carbons (Fsp3) is 0.238. The molecule has 0 saturated heterocycles. The summed E-state index contributed by atoms with van der Waals surface area (Å²) >= 11 is 0. The molecule has 6 nitrogen and oxygen atoms in total. The van der Waals surface area contributed by atoms with Gasteiger partial charge < -0.3 is 14.8 Å². The highest BCUT2D eigenvalue weighted by Gasteiger charge is 2.30. The van der Waals surface area contributed by atoms with Crippen molar-refractivity contribution in [3.8, 4) is 17.2 Å². The topological polar surface area (TPSA) is 65.4 Å². The molecule has 0 spiro atoms. The van der Waals surface area contributed by atoms with Gasteiger partial charge in [0.15, 0.2) is 11.5 Å². The molecule has 1 amide bonds. The van der Waals surface area contributed by atoms with Crippen LogP contribution in [0.3, 0.4) is 0 Å². The van der Waals surface area contributed by atoms with Gasteiger partial charge >= 0.3 is 6.18 Å². The van der Waals surface area contributed by atoms with Gasteiger partial charge in [-0.25, -0.2) is 4.68 Å². The molecule has 0 saturated carbocycles. The van der Waals surface area contributed by atoms with Crippen molar-refractivity contribution in [2.45, 2.75) is 19.5 Å². The number of fused-ring (bicyclic) bond motifs is 1. The Hall–Kier alpha value is -3.49. The lowest BCUT2D eigenvalue weighted by molar-refractivity contribution is -0.137. The Balaban J connectivity index is 1.57. The smallest absolute Gasteiger partial charge is 0.416 e. The van der Waals surface area contributed by atoms with Crippen LogP contribution in [0.5, 0.6) is 11.5 Å². The third-order valence-electron chi connectivity index (χ3n) is 4.68. The monoisotopic (exact) mass is 417 g/mol. The second-order valence-electron chi connectivity index (χ2n) is 6.77. The zero-order chi connectivity index (χ0) is 21.3. The number of alkyl halides is 3. The number of carbonyl (C=O) groups is 1. The zero-order valence-electron chi connectivity index (χ0n) is 16.0. The molecule has 0 aliphatic carbocycles. The van der Waals surface area contributed by atoms with E-state index in [1.54, 1.807) is 25.1 Å². The third kappa shape index (κ3) is 3.96. The molecule has 0 unspecified atom stereocenters. The van der Waals surface area contributed by atoms with E-state index < -0.39 is 17.6 Å². The van der Waals surface area contributed by atoms with Gasteiger partial charge in [-0.2, -0.15) is 18.3 Å². The molecule has 2 heterocycles. The van der Waals surface area contributed by atoms with E-state index in [0.717, 1.165) is 18.6 Å². The van der Waals surface area contributed by atoms with E-state index in [2.05, 4.69) is 10.4 Å². The van der Waals surface area contributed by atoms with Crippen LogP contribution >= 0.6 is 0 Å². The average Bonchev–Trinajstić information content (AvgIpc) is 2.94. The summed E-state index contributed by atoms with van der Waals surface area (Å²) in [4.78, 5) is 12.7. The molecule has 0 radical (unpaired) electrons. The second-order valence-corrected chi connectivity index (χ2v) is 6.77. The van der Waals surface area contributed by atoms with Crippen LogP contribution in [0.25, 0.3) is 5.69 Å². The number of carbonyl (C=O) groups excluding carboxylic acids is 1. The molecule has 3 aromatic rings. The predicted molar refractivity (Wildman–Crippen MR) is 103 cm³/mol. The summed E-state index contributed by atoms with van der Waals surface area (Å²) in [6.07, 6.45) is -2.37. The van der Waals surface area contributed by atoms with Crippen molar-refractivity contribution in [2.24, 2.45) is 0 Å². The van der Waals surface area contributed by atoms with Crippen molar-refractivity contribution in [1.82, 2.24) is 9.78 Å². The fourth-order valence-corrected chi connectivity index (χ4v) is 3.15. The molecule has 30 heavy (non-hydrogen) atoms. The maximum absolute atomic E-state index is 13.0. The number of hydrogen-bond donors (Lipinski definition) is 1. The minimum absolute atomic E-state index is 0.219. The lowest BCUT2D eigenvalue weighted by atomic mass is 10.2. The number of halogens is 3. The van der Waals surface area contributed by atoms with E-state index in [1.807, 2.05) is 0 Å². The quantitative estimate of drug-likeness (QED) is 0.676. The van der Waals surface area contributed by atoms with E-state index >= 15 is 0 Å². The van der Waals surface area contributed by atoms with E-state index in [9.17, 15) is 18.0 Å². The standard InChI is InChI=1S/C21H18F3N3O3/c1-13-17(12-25-27(13)16-5-2-4-14(10-16)21(22,23)24)20(28)26-15-6-7-18-19(11-15)30-9-3-8-29-18/h2,4-7,10-12H,3,8-9H2,1H3,(H,26,28). The first-order valence-electron chi connectivity index (χ1n) is 9.26. The highest BCUT2D eigenvalue weighted by Crippen LogP contribution is 2.33. The molecule has 1 aliphatic rings. The van der Waals surface area contributed by atoms with Crippen molar-refractivity contribution >= 4 is 11.6 Å². The molecule has 4 rings (SSSR count). The number of ether oxygens (including phenoxy) is 2. The second kappa shape index (κ2) is 7.74. The number of amides is 1. The van der Waals surface area contributed by atoms with Crippen LogP contribution in [-0.4, -0.2) is 28.9 Å². The van der Waals surface area contributed by atoms with Gasteiger partial charge in [0.2, 0.25) is 0 Å². The van der Waals surface area contributed by atoms with Crippen molar-refractivity contribution in [1.29, 1.82) is 0 Å². The minimum Gasteiger partial charge on any atom is -0.490 e. The molecule has 156 valence electrons. The van der Waals surface area contributed by atoms with Crippen LogP contribution in [-0.2, 0) is 6.18 Å². The van der Waals surface area contributed by atoms with Crippen molar-refractivity contribution in [3.63, 3.8) is 0 Å². The predicted octanol–water partition coefficient (Wildman–Crippen LogP) is 4.61. The SMILES string of the molecule is Cc1c(C(=O)Nc2ccc3c(c2)OCCCO3)cnn1-c1cccc(C(F)(F)F)c1. The summed E-state index contributed by atoms with van der Waals surface area (Å²) in [5, 5.41) is 6.86.